The first-order valence-corrected chi connectivity index (χ1v) is 11.4. The summed E-state index contributed by atoms with van der Waals surface area (Å²) in [6, 6.07) is 10.9. The lowest BCUT2D eigenvalue weighted by Gasteiger charge is -2.44. The summed E-state index contributed by atoms with van der Waals surface area (Å²) in [5.74, 6) is 0.726. The highest BCUT2D eigenvalue weighted by molar-refractivity contribution is 5.83. The number of ether oxygens (including phenoxy) is 1. The van der Waals surface area contributed by atoms with Crippen molar-refractivity contribution in [2.24, 2.45) is 5.73 Å². The molecule has 3 aromatic rings. The van der Waals surface area contributed by atoms with Crippen LogP contribution in [0.3, 0.4) is 0 Å². The summed E-state index contributed by atoms with van der Waals surface area (Å²) in [6.45, 7) is 3.88. The number of rotatable bonds is 5. The van der Waals surface area contributed by atoms with Crippen molar-refractivity contribution in [3.63, 3.8) is 0 Å². The molecule has 1 aliphatic rings. The minimum absolute atomic E-state index is 0.0638. The monoisotopic (exact) mass is 458 g/mol. The third kappa shape index (κ3) is 4.51. The normalized spacial score (nSPS) is 22.3. The Morgan fingerprint density at radius 3 is 2.58 bits per heavy atom. The van der Waals surface area contributed by atoms with Crippen LogP contribution < -0.4 is 16.0 Å². The number of hydrogen-bond acceptors (Lipinski definition) is 3. The molecule has 4 rings (SSSR count). The van der Waals surface area contributed by atoms with E-state index in [4.69, 9.17) is 10.5 Å². The summed E-state index contributed by atoms with van der Waals surface area (Å²) in [5, 5.41) is 1.42. The molecular formula is C26H29F3N2O2. The first-order valence-electron chi connectivity index (χ1n) is 11.4. The maximum absolute atomic E-state index is 13.3. The summed E-state index contributed by atoms with van der Waals surface area (Å²) < 4.78 is 46.4. The van der Waals surface area contributed by atoms with Crippen molar-refractivity contribution < 1.29 is 17.9 Å². The molecule has 176 valence electrons. The van der Waals surface area contributed by atoms with Gasteiger partial charge in [-0.15, -0.1) is 0 Å². The highest BCUT2D eigenvalue weighted by Gasteiger charge is 2.43. The Morgan fingerprint density at radius 1 is 1.18 bits per heavy atom. The molecule has 3 N–H and O–H groups in total. The SMILES string of the molecule is CC[C@@H](N)[C@]1(c2cccc(C(F)(F)F)c2)CC[C@@H](Oc2cc3cc[nH]c(=O)c3cc2C)CC1. The molecule has 33 heavy (non-hydrogen) atoms. The van der Waals surface area contributed by atoms with Crippen LogP contribution >= 0.6 is 0 Å². The fraction of sp³-hybridized carbons (Fsp3) is 0.423. The van der Waals surface area contributed by atoms with Crippen LogP contribution in [0.1, 0.15) is 55.7 Å². The minimum Gasteiger partial charge on any atom is -0.490 e. The van der Waals surface area contributed by atoms with E-state index in [2.05, 4.69) is 4.98 Å². The van der Waals surface area contributed by atoms with Crippen LogP contribution in [-0.2, 0) is 11.6 Å². The van der Waals surface area contributed by atoms with Crippen LogP contribution in [0.15, 0.2) is 53.5 Å². The lowest BCUT2D eigenvalue weighted by Crippen LogP contribution is -2.49. The van der Waals surface area contributed by atoms with Gasteiger partial charge in [0.2, 0.25) is 0 Å². The van der Waals surface area contributed by atoms with Gasteiger partial charge in [-0.05, 0) is 79.8 Å². The lowest BCUT2D eigenvalue weighted by atomic mass is 9.63. The van der Waals surface area contributed by atoms with Crippen molar-refractivity contribution in [2.45, 2.75) is 69.7 Å². The van der Waals surface area contributed by atoms with E-state index in [1.807, 2.05) is 32.0 Å². The number of aromatic amines is 1. The van der Waals surface area contributed by atoms with Crippen molar-refractivity contribution in [3.8, 4) is 5.75 Å². The summed E-state index contributed by atoms with van der Waals surface area (Å²) >= 11 is 0. The van der Waals surface area contributed by atoms with Crippen LogP contribution in [0.25, 0.3) is 10.8 Å². The van der Waals surface area contributed by atoms with Crippen molar-refractivity contribution >= 4 is 10.8 Å². The fourth-order valence-electron chi connectivity index (χ4n) is 5.12. The highest BCUT2D eigenvalue weighted by Crippen LogP contribution is 2.45. The van der Waals surface area contributed by atoms with Gasteiger partial charge in [0.1, 0.15) is 5.75 Å². The summed E-state index contributed by atoms with van der Waals surface area (Å²) in [4.78, 5) is 14.7. The van der Waals surface area contributed by atoms with Gasteiger partial charge >= 0.3 is 6.18 Å². The molecule has 4 nitrogen and oxygen atoms in total. The number of hydrogen-bond donors (Lipinski definition) is 2. The Hall–Kier alpha value is -2.80. The first-order chi connectivity index (χ1) is 15.6. The van der Waals surface area contributed by atoms with Crippen molar-refractivity contribution in [3.05, 3.63) is 75.7 Å². The number of nitrogens with two attached hydrogens (primary N) is 1. The molecule has 0 unspecified atom stereocenters. The second-order valence-corrected chi connectivity index (χ2v) is 9.08. The van der Waals surface area contributed by atoms with E-state index in [1.165, 1.54) is 12.1 Å². The Morgan fingerprint density at radius 2 is 1.91 bits per heavy atom. The second-order valence-electron chi connectivity index (χ2n) is 9.08. The van der Waals surface area contributed by atoms with E-state index >= 15 is 0 Å². The Kier molecular flexibility index (Phi) is 6.27. The Labute approximate surface area is 191 Å². The number of pyridine rings is 1. The van der Waals surface area contributed by atoms with Gasteiger partial charge in [-0.25, -0.2) is 0 Å². The molecular weight excluding hydrogens is 429 g/mol. The number of aromatic nitrogens is 1. The number of aryl methyl sites for hydroxylation is 1. The number of H-pyrrole nitrogens is 1. The van der Waals surface area contributed by atoms with Crippen molar-refractivity contribution in [2.75, 3.05) is 0 Å². The van der Waals surface area contributed by atoms with Crippen molar-refractivity contribution in [1.29, 1.82) is 0 Å². The van der Waals surface area contributed by atoms with Gasteiger partial charge in [-0.2, -0.15) is 13.2 Å². The van der Waals surface area contributed by atoms with E-state index in [1.54, 1.807) is 12.3 Å². The average molecular weight is 459 g/mol. The second kappa shape index (κ2) is 8.86. The van der Waals surface area contributed by atoms with E-state index in [0.29, 0.717) is 43.1 Å². The molecule has 7 heteroatoms. The zero-order valence-electron chi connectivity index (χ0n) is 18.8. The van der Waals surface area contributed by atoms with E-state index in [0.717, 1.165) is 22.8 Å². The van der Waals surface area contributed by atoms with E-state index < -0.39 is 17.2 Å². The topological polar surface area (TPSA) is 68.1 Å². The van der Waals surface area contributed by atoms with Crippen molar-refractivity contribution in [1.82, 2.24) is 4.98 Å². The molecule has 0 saturated heterocycles. The molecule has 0 radical (unpaired) electrons. The molecule has 0 aliphatic heterocycles. The van der Waals surface area contributed by atoms with Gasteiger partial charge < -0.3 is 15.5 Å². The van der Waals surface area contributed by atoms with Gasteiger partial charge in [0.25, 0.3) is 5.56 Å². The van der Waals surface area contributed by atoms with Crippen LogP contribution in [0.2, 0.25) is 0 Å². The van der Waals surface area contributed by atoms with Gasteiger partial charge in [-0.1, -0.05) is 25.1 Å². The molecule has 1 saturated carbocycles. The number of fused-ring (bicyclic) bond motifs is 1. The molecule has 0 amide bonds. The van der Waals surface area contributed by atoms with Gasteiger partial charge in [0.15, 0.2) is 0 Å². The fourth-order valence-corrected chi connectivity index (χ4v) is 5.12. The molecule has 1 heterocycles. The lowest BCUT2D eigenvalue weighted by molar-refractivity contribution is -0.137. The summed E-state index contributed by atoms with van der Waals surface area (Å²) in [7, 11) is 0. The number of nitrogens with one attached hydrogen (secondary N) is 1. The third-order valence-corrected chi connectivity index (χ3v) is 7.10. The van der Waals surface area contributed by atoms with Crippen LogP contribution in [0, 0.1) is 6.92 Å². The molecule has 2 aromatic carbocycles. The quantitative estimate of drug-likeness (QED) is 0.504. The summed E-state index contributed by atoms with van der Waals surface area (Å²) in [6.07, 6.45) is 0.531. The first kappa shape index (κ1) is 23.4. The summed E-state index contributed by atoms with van der Waals surface area (Å²) in [5.41, 5.74) is 6.76. The van der Waals surface area contributed by atoms with Gasteiger partial charge in [0, 0.05) is 23.0 Å². The maximum Gasteiger partial charge on any atom is 0.416 e. The zero-order valence-corrected chi connectivity index (χ0v) is 18.8. The third-order valence-electron chi connectivity index (χ3n) is 7.10. The highest BCUT2D eigenvalue weighted by atomic mass is 19.4. The standard InChI is InChI=1S/C26H29F3N2O2/c1-3-23(30)25(18-5-4-6-19(15-18)26(27,28)29)10-7-20(8-11-25)33-22-14-17-9-12-31-24(32)21(17)13-16(22)2/h4-6,9,12-15,20,23H,3,7-8,10-11,30H2,1-2H3,(H,31,32)/t20-,23-,25-/m1/s1. The van der Waals surface area contributed by atoms with Gasteiger partial charge in [0.05, 0.1) is 11.7 Å². The van der Waals surface area contributed by atoms with Crippen LogP contribution in [0.5, 0.6) is 5.75 Å². The average Bonchev–Trinajstić information content (AvgIpc) is 2.80. The molecule has 1 fully saturated rings. The molecule has 1 atom stereocenters. The minimum atomic E-state index is -4.39. The Balaban J connectivity index is 1.57. The van der Waals surface area contributed by atoms with Crippen LogP contribution in [-0.4, -0.2) is 17.1 Å². The smallest absolute Gasteiger partial charge is 0.416 e. The predicted octanol–water partition coefficient (Wildman–Crippen LogP) is 5.85. The maximum atomic E-state index is 13.3. The zero-order chi connectivity index (χ0) is 23.8. The van der Waals surface area contributed by atoms with E-state index in [-0.39, 0.29) is 17.7 Å². The van der Waals surface area contributed by atoms with Gasteiger partial charge in [-0.3, -0.25) is 4.79 Å². The molecule has 1 aromatic heterocycles. The molecule has 0 bridgehead atoms. The largest absolute Gasteiger partial charge is 0.490 e. The van der Waals surface area contributed by atoms with E-state index in [9.17, 15) is 18.0 Å². The number of halogens is 3. The Bertz CT molecular complexity index is 1190. The number of benzene rings is 2. The number of alkyl halides is 3. The molecule has 0 spiro atoms. The van der Waals surface area contributed by atoms with Crippen LogP contribution in [0.4, 0.5) is 13.2 Å². The molecule has 1 aliphatic carbocycles. The predicted molar refractivity (Wildman–Crippen MR) is 124 cm³/mol.